The summed E-state index contributed by atoms with van der Waals surface area (Å²) in [6, 6.07) is 0. The third kappa shape index (κ3) is 3.56. The highest BCUT2D eigenvalue weighted by molar-refractivity contribution is 5.44. The molecule has 0 spiro atoms. The molecule has 1 aromatic rings. The maximum atomic E-state index is 13.9. The van der Waals surface area contributed by atoms with Crippen molar-refractivity contribution < 1.29 is 9.50 Å². The van der Waals surface area contributed by atoms with E-state index >= 15 is 0 Å². The molecule has 112 valence electrons. The summed E-state index contributed by atoms with van der Waals surface area (Å²) < 4.78 is 13.9. The molecule has 1 unspecified atom stereocenters. The fourth-order valence-electron chi connectivity index (χ4n) is 2.50. The lowest BCUT2D eigenvalue weighted by Crippen LogP contribution is -2.38. The van der Waals surface area contributed by atoms with Gasteiger partial charge in [-0.05, 0) is 32.1 Å². The maximum Gasteiger partial charge on any atom is 0.224 e. The summed E-state index contributed by atoms with van der Waals surface area (Å²) in [5.74, 6) is 0.750. The fourth-order valence-corrected chi connectivity index (χ4v) is 2.50. The van der Waals surface area contributed by atoms with Gasteiger partial charge < -0.3 is 15.3 Å². The second kappa shape index (κ2) is 6.83. The van der Waals surface area contributed by atoms with Crippen molar-refractivity contribution in [2.24, 2.45) is 5.92 Å². The van der Waals surface area contributed by atoms with E-state index in [-0.39, 0.29) is 11.9 Å². The molecule has 2 N–H and O–H groups in total. The SMILES string of the molecule is CCCNc1ncc(F)c(N2CCC(C(C)O)CC2)n1. The van der Waals surface area contributed by atoms with Gasteiger partial charge in [-0.25, -0.2) is 9.37 Å². The highest BCUT2D eigenvalue weighted by Gasteiger charge is 2.25. The van der Waals surface area contributed by atoms with Crippen LogP contribution in [0.2, 0.25) is 0 Å². The number of anilines is 2. The first-order valence-corrected chi connectivity index (χ1v) is 7.31. The summed E-state index contributed by atoms with van der Waals surface area (Å²) >= 11 is 0. The van der Waals surface area contributed by atoms with Crippen molar-refractivity contribution in [3.05, 3.63) is 12.0 Å². The maximum absolute atomic E-state index is 13.9. The molecule has 0 aromatic carbocycles. The van der Waals surface area contributed by atoms with E-state index in [9.17, 15) is 9.50 Å². The third-order valence-electron chi connectivity index (χ3n) is 3.78. The summed E-state index contributed by atoms with van der Waals surface area (Å²) in [5.41, 5.74) is 0. The van der Waals surface area contributed by atoms with E-state index in [0.29, 0.717) is 17.7 Å². The first kappa shape index (κ1) is 15.0. The van der Waals surface area contributed by atoms with Gasteiger partial charge in [0.25, 0.3) is 0 Å². The molecule has 2 heterocycles. The first-order valence-electron chi connectivity index (χ1n) is 7.31. The second-order valence-electron chi connectivity index (χ2n) is 5.36. The van der Waals surface area contributed by atoms with Crippen molar-refractivity contribution in [3.63, 3.8) is 0 Å². The largest absolute Gasteiger partial charge is 0.393 e. The predicted molar refractivity (Wildman–Crippen MR) is 77.4 cm³/mol. The summed E-state index contributed by atoms with van der Waals surface area (Å²) in [6.07, 6.45) is 3.61. The summed E-state index contributed by atoms with van der Waals surface area (Å²) in [6.45, 7) is 6.08. The van der Waals surface area contributed by atoms with Crippen molar-refractivity contribution in [2.45, 2.75) is 39.2 Å². The number of rotatable bonds is 5. The van der Waals surface area contributed by atoms with Crippen LogP contribution in [-0.2, 0) is 0 Å². The zero-order valence-electron chi connectivity index (χ0n) is 12.1. The van der Waals surface area contributed by atoms with Crippen LogP contribution in [0.3, 0.4) is 0 Å². The minimum atomic E-state index is -0.387. The Morgan fingerprint density at radius 3 is 2.80 bits per heavy atom. The Balaban J connectivity index is 2.05. The van der Waals surface area contributed by atoms with Gasteiger partial charge in [0, 0.05) is 19.6 Å². The Kier molecular flexibility index (Phi) is 5.11. The molecule has 1 aliphatic rings. The van der Waals surface area contributed by atoms with Gasteiger partial charge in [0.2, 0.25) is 5.95 Å². The number of piperidine rings is 1. The van der Waals surface area contributed by atoms with Gasteiger partial charge in [0.1, 0.15) is 0 Å². The standard InChI is InChI=1S/C14H23FN4O/c1-3-6-16-14-17-9-12(15)13(18-14)19-7-4-11(5-8-19)10(2)20/h9-11,20H,3-8H2,1-2H3,(H,16,17,18). The Bertz CT molecular complexity index is 433. The van der Waals surface area contributed by atoms with Crippen molar-refractivity contribution in [3.8, 4) is 0 Å². The van der Waals surface area contributed by atoms with Crippen molar-refractivity contribution in [1.29, 1.82) is 0 Å². The minimum absolute atomic E-state index is 0.297. The van der Waals surface area contributed by atoms with E-state index in [1.807, 2.05) is 11.8 Å². The molecule has 1 saturated heterocycles. The molecule has 0 bridgehead atoms. The van der Waals surface area contributed by atoms with Crippen LogP contribution in [0.15, 0.2) is 6.20 Å². The normalized spacial score (nSPS) is 18.1. The number of aliphatic hydroxyl groups excluding tert-OH is 1. The average molecular weight is 282 g/mol. The monoisotopic (exact) mass is 282 g/mol. The lowest BCUT2D eigenvalue weighted by atomic mass is 9.92. The van der Waals surface area contributed by atoms with E-state index < -0.39 is 0 Å². The quantitative estimate of drug-likeness (QED) is 0.865. The molecule has 20 heavy (non-hydrogen) atoms. The summed E-state index contributed by atoms with van der Waals surface area (Å²) in [7, 11) is 0. The van der Waals surface area contributed by atoms with Crippen LogP contribution in [0.4, 0.5) is 16.2 Å². The average Bonchev–Trinajstić information content (AvgIpc) is 2.46. The summed E-state index contributed by atoms with van der Waals surface area (Å²) in [5, 5.41) is 12.7. The number of halogens is 1. The molecule has 0 aliphatic carbocycles. The van der Waals surface area contributed by atoms with Crippen LogP contribution in [0.5, 0.6) is 0 Å². The van der Waals surface area contributed by atoms with Gasteiger partial charge in [0.05, 0.1) is 12.3 Å². The molecule has 1 aliphatic heterocycles. The van der Waals surface area contributed by atoms with Crippen LogP contribution in [0.25, 0.3) is 0 Å². The number of hydrogen-bond acceptors (Lipinski definition) is 5. The van der Waals surface area contributed by atoms with Gasteiger partial charge in [-0.1, -0.05) is 6.92 Å². The molecule has 1 fully saturated rings. The lowest BCUT2D eigenvalue weighted by molar-refractivity contribution is 0.109. The van der Waals surface area contributed by atoms with Gasteiger partial charge in [0.15, 0.2) is 11.6 Å². The Hall–Kier alpha value is -1.43. The lowest BCUT2D eigenvalue weighted by Gasteiger charge is -2.34. The molecule has 0 radical (unpaired) electrons. The smallest absolute Gasteiger partial charge is 0.224 e. The van der Waals surface area contributed by atoms with Crippen LogP contribution < -0.4 is 10.2 Å². The molecular weight excluding hydrogens is 259 g/mol. The van der Waals surface area contributed by atoms with E-state index in [1.165, 1.54) is 6.20 Å². The van der Waals surface area contributed by atoms with E-state index in [4.69, 9.17) is 0 Å². The van der Waals surface area contributed by atoms with Gasteiger partial charge in [-0.15, -0.1) is 0 Å². The molecule has 0 amide bonds. The van der Waals surface area contributed by atoms with Gasteiger partial charge in [-0.2, -0.15) is 4.98 Å². The van der Waals surface area contributed by atoms with Crippen LogP contribution in [-0.4, -0.2) is 40.8 Å². The molecule has 1 aromatic heterocycles. The molecular formula is C14H23FN4O. The van der Waals surface area contributed by atoms with E-state index in [1.54, 1.807) is 0 Å². The highest BCUT2D eigenvalue weighted by Crippen LogP contribution is 2.26. The van der Waals surface area contributed by atoms with Crippen LogP contribution in [0, 0.1) is 11.7 Å². The van der Waals surface area contributed by atoms with Gasteiger partial charge in [-0.3, -0.25) is 0 Å². The Morgan fingerprint density at radius 1 is 1.50 bits per heavy atom. The Labute approximate surface area is 119 Å². The number of hydrogen-bond donors (Lipinski definition) is 2. The number of aliphatic hydroxyl groups is 1. The Morgan fingerprint density at radius 2 is 2.20 bits per heavy atom. The predicted octanol–water partition coefficient (Wildman–Crippen LogP) is 2.03. The van der Waals surface area contributed by atoms with Crippen molar-refractivity contribution in [2.75, 3.05) is 29.9 Å². The molecule has 1 atom stereocenters. The van der Waals surface area contributed by atoms with E-state index in [0.717, 1.165) is 38.9 Å². The highest BCUT2D eigenvalue weighted by atomic mass is 19.1. The number of nitrogens with zero attached hydrogens (tertiary/aromatic N) is 3. The van der Waals surface area contributed by atoms with Crippen molar-refractivity contribution >= 4 is 11.8 Å². The summed E-state index contributed by atoms with van der Waals surface area (Å²) in [4.78, 5) is 10.2. The molecule has 5 nitrogen and oxygen atoms in total. The van der Waals surface area contributed by atoms with Crippen LogP contribution in [0.1, 0.15) is 33.1 Å². The zero-order chi connectivity index (χ0) is 14.5. The third-order valence-corrected chi connectivity index (χ3v) is 3.78. The van der Waals surface area contributed by atoms with Gasteiger partial charge >= 0.3 is 0 Å². The molecule has 2 rings (SSSR count). The van der Waals surface area contributed by atoms with E-state index in [2.05, 4.69) is 22.2 Å². The van der Waals surface area contributed by atoms with Crippen molar-refractivity contribution in [1.82, 2.24) is 9.97 Å². The second-order valence-corrected chi connectivity index (χ2v) is 5.36. The minimum Gasteiger partial charge on any atom is -0.393 e. The fraction of sp³-hybridized carbons (Fsp3) is 0.714. The van der Waals surface area contributed by atoms with Crippen LogP contribution >= 0.6 is 0 Å². The topological polar surface area (TPSA) is 61.3 Å². The zero-order valence-corrected chi connectivity index (χ0v) is 12.1. The number of nitrogens with one attached hydrogen (secondary N) is 1. The molecule has 0 saturated carbocycles. The first-order chi connectivity index (χ1) is 9.61. The number of aromatic nitrogens is 2. The molecule has 6 heteroatoms.